The Morgan fingerprint density at radius 2 is 2.00 bits per heavy atom. The highest BCUT2D eigenvalue weighted by atomic mass is 19.1. The second-order valence-electron chi connectivity index (χ2n) is 2.77. The number of hydrogen-bond acceptors (Lipinski definition) is 2. The van der Waals surface area contributed by atoms with E-state index in [1.165, 1.54) is 24.3 Å². The summed E-state index contributed by atoms with van der Waals surface area (Å²) in [5, 5.41) is 9.41. The molecule has 0 spiro atoms. The molecular formula is C10H11FO2. The van der Waals surface area contributed by atoms with E-state index in [1.807, 2.05) is 0 Å². The standard InChI is InChI=1S/C10H11FO2/c1-2-9(12)10(13)7-3-5-8(11)6-4-7/h3-6,10,13H,2H2,1H3. The van der Waals surface area contributed by atoms with E-state index in [4.69, 9.17) is 0 Å². The van der Waals surface area contributed by atoms with Gasteiger partial charge in [-0.3, -0.25) is 4.79 Å². The van der Waals surface area contributed by atoms with Crippen molar-refractivity contribution >= 4 is 5.78 Å². The van der Waals surface area contributed by atoms with Crippen LogP contribution in [-0.4, -0.2) is 10.9 Å². The number of aliphatic hydroxyl groups excluding tert-OH is 1. The van der Waals surface area contributed by atoms with Gasteiger partial charge in [-0.15, -0.1) is 0 Å². The van der Waals surface area contributed by atoms with Gasteiger partial charge in [0.05, 0.1) is 0 Å². The first-order valence-electron chi connectivity index (χ1n) is 4.11. The molecule has 0 bridgehead atoms. The number of carbonyl (C=O) groups excluding carboxylic acids is 1. The maximum absolute atomic E-state index is 12.5. The second-order valence-corrected chi connectivity index (χ2v) is 2.77. The summed E-state index contributed by atoms with van der Waals surface area (Å²) in [6, 6.07) is 5.27. The summed E-state index contributed by atoms with van der Waals surface area (Å²) < 4.78 is 12.5. The van der Waals surface area contributed by atoms with Crippen LogP contribution in [0.25, 0.3) is 0 Å². The van der Waals surface area contributed by atoms with Gasteiger partial charge in [-0.25, -0.2) is 4.39 Å². The van der Waals surface area contributed by atoms with Crippen LogP contribution in [0.1, 0.15) is 25.0 Å². The van der Waals surface area contributed by atoms with E-state index in [0.29, 0.717) is 5.56 Å². The van der Waals surface area contributed by atoms with Gasteiger partial charge in [-0.2, -0.15) is 0 Å². The van der Waals surface area contributed by atoms with Crippen molar-refractivity contribution in [1.29, 1.82) is 0 Å². The molecule has 0 aliphatic carbocycles. The zero-order valence-electron chi connectivity index (χ0n) is 7.33. The normalized spacial score (nSPS) is 12.5. The van der Waals surface area contributed by atoms with Crippen molar-refractivity contribution in [1.82, 2.24) is 0 Å². The zero-order chi connectivity index (χ0) is 9.84. The minimum absolute atomic E-state index is 0.258. The molecule has 1 aromatic carbocycles. The Morgan fingerprint density at radius 3 is 2.46 bits per heavy atom. The highest BCUT2D eigenvalue weighted by molar-refractivity contribution is 5.83. The summed E-state index contributed by atoms with van der Waals surface area (Å²) in [6.45, 7) is 1.68. The molecule has 0 amide bonds. The molecule has 0 aliphatic rings. The molecule has 1 N–H and O–H groups in total. The molecule has 0 heterocycles. The highest BCUT2D eigenvalue weighted by Crippen LogP contribution is 2.15. The summed E-state index contributed by atoms with van der Waals surface area (Å²) in [5.74, 6) is -0.633. The first-order valence-corrected chi connectivity index (χ1v) is 4.11. The Labute approximate surface area is 76.0 Å². The monoisotopic (exact) mass is 182 g/mol. The molecule has 3 heteroatoms. The van der Waals surface area contributed by atoms with E-state index >= 15 is 0 Å². The maximum atomic E-state index is 12.5. The molecule has 0 radical (unpaired) electrons. The predicted octanol–water partition coefficient (Wildman–Crippen LogP) is 1.84. The van der Waals surface area contributed by atoms with Crippen molar-refractivity contribution in [2.24, 2.45) is 0 Å². The van der Waals surface area contributed by atoms with Crippen LogP contribution in [0.5, 0.6) is 0 Å². The molecule has 13 heavy (non-hydrogen) atoms. The molecule has 0 saturated heterocycles. The smallest absolute Gasteiger partial charge is 0.165 e. The fourth-order valence-electron chi connectivity index (χ4n) is 1.02. The van der Waals surface area contributed by atoms with Crippen molar-refractivity contribution in [3.8, 4) is 0 Å². The maximum Gasteiger partial charge on any atom is 0.165 e. The fraction of sp³-hybridized carbons (Fsp3) is 0.300. The summed E-state index contributed by atoms with van der Waals surface area (Å²) in [5.41, 5.74) is 0.438. The third-order valence-corrected chi connectivity index (χ3v) is 1.84. The van der Waals surface area contributed by atoms with E-state index < -0.39 is 6.10 Å². The van der Waals surface area contributed by atoms with Crippen molar-refractivity contribution in [2.75, 3.05) is 0 Å². The summed E-state index contributed by atoms with van der Waals surface area (Å²) in [7, 11) is 0. The summed E-state index contributed by atoms with van der Waals surface area (Å²) in [6.07, 6.45) is -0.843. The lowest BCUT2D eigenvalue weighted by Crippen LogP contribution is -2.10. The second kappa shape index (κ2) is 4.14. The fourth-order valence-corrected chi connectivity index (χ4v) is 1.02. The minimum atomic E-state index is -1.12. The van der Waals surface area contributed by atoms with Gasteiger partial charge in [0.1, 0.15) is 11.9 Å². The molecular weight excluding hydrogens is 171 g/mol. The van der Waals surface area contributed by atoms with Crippen LogP contribution in [-0.2, 0) is 4.79 Å². The van der Waals surface area contributed by atoms with Crippen LogP contribution in [0.3, 0.4) is 0 Å². The molecule has 2 nitrogen and oxygen atoms in total. The summed E-state index contributed by atoms with van der Waals surface area (Å²) >= 11 is 0. The number of benzene rings is 1. The van der Waals surface area contributed by atoms with Gasteiger partial charge >= 0.3 is 0 Å². The lowest BCUT2D eigenvalue weighted by atomic mass is 10.0. The van der Waals surface area contributed by atoms with Crippen molar-refractivity contribution < 1.29 is 14.3 Å². The van der Waals surface area contributed by atoms with Gasteiger partial charge in [0.2, 0.25) is 0 Å². The first-order chi connectivity index (χ1) is 6.15. The Balaban J connectivity index is 2.83. The molecule has 0 saturated carbocycles. The molecule has 1 atom stereocenters. The quantitative estimate of drug-likeness (QED) is 0.774. The molecule has 0 fully saturated rings. The lowest BCUT2D eigenvalue weighted by molar-refractivity contribution is -0.127. The van der Waals surface area contributed by atoms with Gasteiger partial charge in [0, 0.05) is 6.42 Å². The van der Waals surface area contributed by atoms with Gasteiger partial charge in [0.15, 0.2) is 5.78 Å². The minimum Gasteiger partial charge on any atom is -0.381 e. The van der Waals surface area contributed by atoms with Crippen LogP contribution in [0, 0.1) is 5.82 Å². The van der Waals surface area contributed by atoms with Crippen LogP contribution in [0.4, 0.5) is 4.39 Å². The van der Waals surface area contributed by atoms with E-state index in [9.17, 15) is 14.3 Å². The van der Waals surface area contributed by atoms with Crippen molar-refractivity contribution in [3.63, 3.8) is 0 Å². The van der Waals surface area contributed by atoms with E-state index in [0.717, 1.165) is 0 Å². The molecule has 0 aliphatic heterocycles. The largest absolute Gasteiger partial charge is 0.381 e. The zero-order valence-corrected chi connectivity index (χ0v) is 7.33. The van der Waals surface area contributed by atoms with Gasteiger partial charge in [-0.05, 0) is 17.7 Å². The third kappa shape index (κ3) is 2.36. The number of aliphatic hydroxyl groups is 1. The number of rotatable bonds is 3. The van der Waals surface area contributed by atoms with E-state index in [-0.39, 0.29) is 18.0 Å². The average Bonchev–Trinajstić information content (AvgIpc) is 2.17. The highest BCUT2D eigenvalue weighted by Gasteiger charge is 2.14. The van der Waals surface area contributed by atoms with Gasteiger partial charge in [-0.1, -0.05) is 19.1 Å². The third-order valence-electron chi connectivity index (χ3n) is 1.84. The van der Waals surface area contributed by atoms with Crippen LogP contribution in [0.15, 0.2) is 24.3 Å². The number of carbonyl (C=O) groups is 1. The molecule has 1 unspecified atom stereocenters. The number of hydrogen-bond donors (Lipinski definition) is 1. The van der Waals surface area contributed by atoms with Crippen LogP contribution >= 0.6 is 0 Å². The Bertz CT molecular complexity index is 292. The summed E-state index contributed by atoms with van der Waals surface area (Å²) in [4.78, 5) is 11.1. The number of ketones is 1. The number of Topliss-reactive ketones (excluding diaryl/α,β-unsaturated/α-hetero) is 1. The van der Waals surface area contributed by atoms with E-state index in [1.54, 1.807) is 6.92 Å². The topological polar surface area (TPSA) is 37.3 Å². The number of halogens is 1. The molecule has 0 aromatic heterocycles. The average molecular weight is 182 g/mol. The molecule has 70 valence electrons. The Kier molecular flexibility index (Phi) is 3.14. The van der Waals surface area contributed by atoms with Crippen LogP contribution in [0.2, 0.25) is 0 Å². The van der Waals surface area contributed by atoms with Crippen molar-refractivity contribution in [2.45, 2.75) is 19.4 Å². The first kappa shape index (κ1) is 9.86. The van der Waals surface area contributed by atoms with Gasteiger partial charge in [0.25, 0.3) is 0 Å². The van der Waals surface area contributed by atoms with E-state index in [2.05, 4.69) is 0 Å². The predicted molar refractivity (Wildman–Crippen MR) is 46.7 cm³/mol. The van der Waals surface area contributed by atoms with Gasteiger partial charge < -0.3 is 5.11 Å². The Morgan fingerprint density at radius 1 is 1.46 bits per heavy atom. The van der Waals surface area contributed by atoms with Crippen molar-refractivity contribution in [3.05, 3.63) is 35.6 Å². The Hall–Kier alpha value is -1.22. The molecule has 1 rings (SSSR count). The lowest BCUT2D eigenvalue weighted by Gasteiger charge is -2.07. The van der Waals surface area contributed by atoms with Crippen LogP contribution < -0.4 is 0 Å². The SMILES string of the molecule is CCC(=O)C(O)c1ccc(F)cc1. The molecule has 1 aromatic rings.